The second-order valence-electron chi connectivity index (χ2n) is 9.34. The standard InChI is InChI=1S/C31H28N2O6/c1-2-15-38-29(34)18-33-17-20(21-9-7-8-14-28(21)33)16-27(30(35)36)32-31(37)39-19-26-24-12-5-3-10-22(24)23-11-4-6-13-25(23)26/h2-14,17,26-27H,1,15-16,18-19H2,(H,32,37)(H,35,36)/t27-/m0/s1. The zero-order chi connectivity index (χ0) is 27.4. The minimum atomic E-state index is -1.23. The summed E-state index contributed by atoms with van der Waals surface area (Å²) in [6.45, 7) is 3.69. The predicted molar refractivity (Wildman–Crippen MR) is 146 cm³/mol. The number of para-hydroxylation sites is 1. The molecule has 4 aromatic rings. The highest BCUT2D eigenvalue weighted by molar-refractivity contribution is 5.87. The van der Waals surface area contributed by atoms with E-state index in [2.05, 4.69) is 11.9 Å². The van der Waals surface area contributed by atoms with Gasteiger partial charge in [0.25, 0.3) is 0 Å². The number of carboxylic acids is 1. The molecule has 0 spiro atoms. The number of esters is 1. The highest BCUT2D eigenvalue weighted by atomic mass is 16.5. The van der Waals surface area contributed by atoms with Gasteiger partial charge in [-0.05, 0) is 33.9 Å². The van der Waals surface area contributed by atoms with Gasteiger partial charge in [-0.2, -0.15) is 0 Å². The number of benzene rings is 3. The third kappa shape index (κ3) is 5.40. The van der Waals surface area contributed by atoms with Crippen LogP contribution in [0.1, 0.15) is 22.6 Å². The number of ether oxygens (including phenoxy) is 2. The van der Waals surface area contributed by atoms with Crippen LogP contribution in [0, 0.1) is 0 Å². The SMILES string of the molecule is C=CCOC(=O)Cn1cc(C[C@H](NC(=O)OCC2c3ccccc3-c3ccccc32)C(=O)O)c2ccccc21. The minimum absolute atomic E-state index is 0.00868. The quantitative estimate of drug-likeness (QED) is 0.226. The summed E-state index contributed by atoms with van der Waals surface area (Å²) in [5.41, 5.74) is 5.79. The van der Waals surface area contributed by atoms with Crippen molar-refractivity contribution in [3.63, 3.8) is 0 Å². The zero-order valence-electron chi connectivity index (χ0n) is 21.2. The molecule has 5 rings (SSSR count). The molecule has 0 bridgehead atoms. The molecule has 39 heavy (non-hydrogen) atoms. The number of rotatable bonds is 10. The van der Waals surface area contributed by atoms with E-state index in [9.17, 15) is 19.5 Å². The number of hydrogen-bond acceptors (Lipinski definition) is 5. The molecule has 0 unspecified atom stereocenters. The Morgan fingerprint density at radius 2 is 1.59 bits per heavy atom. The van der Waals surface area contributed by atoms with Crippen molar-refractivity contribution in [1.29, 1.82) is 0 Å². The number of aromatic nitrogens is 1. The van der Waals surface area contributed by atoms with Crippen LogP contribution in [0.2, 0.25) is 0 Å². The molecule has 8 heteroatoms. The molecule has 8 nitrogen and oxygen atoms in total. The molecular formula is C31H28N2O6. The molecule has 2 N–H and O–H groups in total. The van der Waals surface area contributed by atoms with E-state index < -0.39 is 24.1 Å². The third-order valence-corrected chi connectivity index (χ3v) is 6.89. The Balaban J connectivity index is 1.28. The second kappa shape index (κ2) is 11.3. The van der Waals surface area contributed by atoms with E-state index in [4.69, 9.17) is 9.47 Å². The lowest BCUT2D eigenvalue weighted by Gasteiger charge is -2.17. The van der Waals surface area contributed by atoms with Gasteiger partial charge in [0, 0.05) is 29.4 Å². The summed E-state index contributed by atoms with van der Waals surface area (Å²) in [7, 11) is 0. The smallest absolute Gasteiger partial charge is 0.407 e. The molecule has 1 aromatic heterocycles. The van der Waals surface area contributed by atoms with Crippen LogP contribution in [-0.4, -0.2) is 47.0 Å². The molecule has 0 fully saturated rings. The van der Waals surface area contributed by atoms with Crippen molar-refractivity contribution in [1.82, 2.24) is 9.88 Å². The van der Waals surface area contributed by atoms with E-state index >= 15 is 0 Å². The van der Waals surface area contributed by atoms with E-state index in [1.807, 2.05) is 72.8 Å². The molecule has 1 heterocycles. The number of carbonyl (C=O) groups is 3. The number of carbonyl (C=O) groups excluding carboxylic acids is 2. The Bertz CT molecular complexity index is 1510. The lowest BCUT2D eigenvalue weighted by Crippen LogP contribution is -2.42. The maximum absolute atomic E-state index is 12.8. The van der Waals surface area contributed by atoms with Gasteiger partial charge in [-0.3, -0.25) is 4.79 Å². The first-order valence-electron chi connectivity index (χ1n) is 12.6. The lowest BCUT2D eigenvalue weighted by molar-refractivity contribution is -0.143. The Hall–Kier alpha value is -4.85. The summed E-state index contributed by atoms with van der Waals surface area (Å²) in [4.78, 5) is 37.1. The van der Waals surface area contributed by atoms with Crippen molar-refractivity contribution in [2.45, 2.75) is 24.9 Å². The summed E-state index contributed by atoms with van der Waals surface area (Å²) in [5.74, 6) is -1.76. The topological polar surface area (TPSA) is 107 Å². The fourth-order valence-corrected chi connectivity index (χ4v) is 5.16. The van der Waals surface area contributed by atoms with Crippen molar-refractivity contribution in [3.8, 4) is 11.1 Å². The molecular weight excluding hydrogens is 496 g/mol. The van der Waals surface area contributed by atoms with Crippen LogP contribution in [0.5, 0.6) is 0 Å². The molecule has 0 saturated heterocycles. The first-order valence-corrected chi connectivity index (χ1v) is 12.6. The fraction of sp³-hybridized carbons (Fsp3) is 0.194. The number of alkyl carbamates (subject to hydrolysis) is 1. The predicted octanol–water partition coefficient (Wildman–Crippen LogP) is 4.90. The van der Waals surface area contributed by atoms with Gasteiger partial charge < -0.3 is 24.5 Å². The molecule has 1 aliphatic rings. The van der Waals surface area contributed by atoms with Crippen LogP contribution >= 0.6 is 0 Å². The molecule has 0 radical (unpaired) electrons. The van der Waals surface area contributed by atoms with E-state index in [1.54, 1.807) is 10.8 Å². The van der Waals surface area contributed by atoms with Gasteiger partial charge in [0.05, 0.1) is 0 Å². The molecule has 1 aliphatic carbocycles. The number of hydrogen-bond donors (Lipinski definition) is 2. The Kier molecular flexibility index (Phi) is 7.45. The van der Waals surface area contributed by atoms with Gasteiger partial charge in [-0.15, -0.1) is 0 Å². The number of nitrogens with zero attached hydrogens (tertiary/aromatic N) is 1. The highest BCUT2D eigenvalue weighted by Crippen LogP contribution is 2.44. The van der Waals surface area contributed by atoms with Crippen LogP contribution in [0.15, 0.2) is 91.6 Å². The van der Waals surface area contributed by atoms with Gasteiger partial charge >= 0.3 is 18.0 Å². The summed E-state index contributed by atoms with van der Waals surface area (Å²) < 4.78 is 12.4. The van der Waals surface area contributed by atoms with Gasteiger partial charge in [-0.1, -0.05) is 79.4 Å². The lowest BCUT2D eigenvalue weighted by atomic mass is 9.98. The number of carboxylic acid groups (broad SMARTS) is 1. The Morgan fingerprint density at radius 3 is 2.26 bits per heavy atom. The maximum atomic E-state index is 12.8. The number of amides is 1. The first-order chi connectivity index (χ1) is 19.0. The van der Waals surface area contributed by atoms with Crippen LogP contribution in [0.4, 0.5) is 4.79 Å². The van der Waals surface area contributed by atoms with Crippen LogP contribution in [-0.2, 0) is 32.0 Å². The molecule has 198 valence electrons. The van der Waals surface area contributed by atoms with Gasteiger partial charge in [0.2, 0.25) is 0 Å². The van der Waals surface area contributed by atoms with Crippen molar-refractivity contribution in [2.75, 3.05) is 13.2 Å². The molecule has 0 saturated carbocycles. The normalized spacial score (nSPS) is 12.8. The summed E-state index contributed by atoms with van der Waals surface area (Å²) in [5, 5.41) is 13.2. The number of fused-ring (bicyclic) bond motifs is 4. The summed E-state index contributed by atoms with van der Waals surface area (Å²) in [6, 6.07) is 22.1. The molecule has 0 aliphatic heterocycles. The Morgan fingerprint density at radius 1 is 0.949 bits per heavy atom. The number of nitrogens with one attached hydrogen (secondary N) is 1. The average molecular weight is 525 g/mol. The minimum Gasteiger partial charge on any atom is -0.480 e. The third-order valence-electron chi connectivity index (χ3n) is 6.89. The van der Waals surface area contributed by atoms with Gasteiger partial charge in [0.1, 0.15) is 25.8 Å². The van der Waals surface area contributed by atoms with Crippen LogP contribution in [0.3, 0.4) is 0 Å². The van der Waals surface area contributed by atoms with Crippen molar-refractivity contribution < 1.29 is 29.0 Å². The zero-order valence-corrected chi connectivity index (χ0v) is 21.2. The maximum Gasteiger partial charge on any atom is 0.407 e. The largest absolute Gasteiger partial charge is 0.480 e. The monoisotopic (exact) mass is 524 g/mol. The van der Waals surface area contributed by atoms with Crippen molar-refractivity contribution in [2.24, 2.45) is 0 Å². The van der Waals surface area contributed by atoms with Crippen LogP contribution in [0.25, 0.3) is 22.0 Å². The van der Waals surface area contributed by atoms with Crippen molar-refractivity contribution >= 4 is 28.9 Å². The summed E-state index contributed by atoms with van der Waals surface area (Å²) in [6.07, 6.45) is 2.41. The highest BCUT2D eigenvalue weighted by Gasteiger charge is 2.30. The second-order valence-corrected chi connectivity index (χ2v) is 9.34. The van der Waals surface area contributed by atoms with E-state index in [-0.39, 0.29) is 32.1 Å². The van der Waals surface area contributed by atoms with Crippen molar-refractivity contribution in [3.05, 3.63) is 108 Å². The van der Waals surface area contributed by atoms with E-state index in [1.165, 1.54) is 6.08 Å². The summed E-state index contributed by atoms with van der Waals surface area (Å²) >= 11 is 0. The number of aliphatic carboxylic acids is 1. The molecule has 1 atom stereocenters. The molecule has 3 aromatic carbocycles. The van der Waals surface area contributed by atoms with E-state index in [0.29, 0.717) is 5.56 Å². The van der Waals surface area contributed by atoms with Gasteiger partial charge in [0.15, 0.2) is 0 Å². The molecule has 1 amide bonds. The van der Waals surface area contributed by atoms with E-state index in [0.717, 1.165) is 33.2 Å². The fourth-order valence-electron chi connectivity index (χ4n) is 5.16. The van der Waals surface area contributed by atoms with Gasteiger partial charge in [-0.25, -0.2) is 9.59 Å². The average Bonchev–Trinajstić information content (AvgIpc) is 3.45. The first kappa shape index (κ1) is 25.8. The van der Waals surface area contributed by atoms with Crippen LogP contribution < -0.4 is 5.32 Å². The Labute approximate surface area is 225 Å².